The van der Waals surface area contributed by atoms with Crippen molar-refractivity contribution in [2.24, 2.45) is 0 Å². The number of aliphatic hydroxyl groups excluding tert-OH is 1. The highest BCUT2D eigenvalue weighted by molar-refractivity contribution is 5.18. The highest BCUT2D eigenvalue weighted by Gasteiger charge is 1.97. The lowest BCUT2D eigenvalue weighted by Crippen LogP contribution is -2.03. The van der Waals surface area contributed by atoms with Gasteiger partial charge in [-0.2, -0.15) is 0 Å². The van der Waals surface area contributed by atoms with E-state index in [0.29, 0.717) is 0 Å². The van der Waals surface area contributed by atoms with Gasteiger partial charge in [0.1, 0.15) is 6.10 Å². The van der Waals surface area contributed by atoms with Crippen LogP contribution in [-0.4, -0.2) is 11.2 Å². The summed E-state index contributed by atoms with van der Waals surface area (Å²) in [5, 5.41) is 9.08. The van der Waals surface area contributed by atoms with E-state index < -0.39 is 6.10 Å². The first-order chi connectivity index (χ1) is 4.22. The van der Waals surface area contributed by atoms with Gasteiger partial charge >= 0.3 is 0 Å². The van der Waals surface area contributed by atoms with Crippen LogP contribution >= 0.6 is 0 Å². The molecule has 1 heteroatoms. The predicted octanol–water partition coefficient (Wildman–Crippen LogP) is 1.34. The van der Waals surface area contributed by atoms with Gasteiger partial charge in [0.15, 0.2) is 0 Å². The Kier molecular flexibility index (Phi) is 3.83. The van der Waals surface area contributed by atoms with Gasteiger partial charge in [0.05, 0.1) is 0 Å². The molecule has 0 radical (unpaired) electrons. The molecule has 0 rings (SSSR count). The van der Waals surface area contributed by atoms with Crippen LogP contribution < -0.4 is 0 Å². The van der Waals surface area contributed by atoms with Crippen molar-refractivity contribution >= 4 is 0 Å². The molecule has 0 aliphatic carbocycles. The first-order valence-electron chi connectivity index (χ1n) is 2.95. The summed E-state index contributed by atoms with van der Waals surface area (Å²) in [6.07, 6.45) is 1.29. The largest absolute Gasteiger partial charge is 0.376 e. The molecule has 9 heavy (non-hydrogen) atoms. The minimum atomic E-state index is -0.569. The molecule has 1 unspecified atom stereocenters. The topological polar surface area (TPSA) is 20.2 Å². The molecule has 50 valence electrons. The molecule has 0 aromatic carbocycles. The second-order valence-corrected chi connectivity index (χ2v) is 1.83. The second kappa shape index (κ2) is 4.17. The molecule has 0 fully saturated rings. The Morgan fingerprint density at radius 1 is 1.67 bits per heavy atom. The fraction of sp³-hybridized carbons (Fsp3) is 0.500. The third-order valence-electron chi connectivity index (χ3n) is 1.17. The molecule has 1 atom stereocenters. The van der Waals surface area contributed by atoms with E-state index >= 15 is 0 Å². The highest BCUT2D eigenvalue weighted by atomic mass is 16.3. The lowest BCUT2D eigenvalue weighted by Gasteiger charge is -1.99. The van der Waals surface area contributed by atoms with Crippen molar-refractivity contribution in [3.8, 4) is 11.8 Å². The van der Waals surface area contributed by atoms with Crippen LogP contribution in [0.3, 0.4) is 0 Å². The Labute approximate surface area is 56.4 Å². The van der Waals surface area contributed by atoms with Crippen LogP contribution in [0.25, 0.3) is 0 Å². The molecule has 1 nitrogen and oxygen atoms in total. The maximum absolute atomic E-state index is 9.08. The van der Waals surface area contributed by atoms with E-state index in [2.05, 4.69) is 11.8 Å². The van der Waals surface area contributed by atoms with E-state index in [1.54, 1.807) is 6.92 Å². The molecule has 0 saturated carbocycles. The van der Waals surface area contributed by atoms with E-state index in [1.165, 1.54) is 0 Å². The minimum absolute atomic E-state index is 0.569. The van der Waals surface area contributed by atoms with Gasteiger partial charge in [-0.3, -0.25) is 0 Å². The summed E-state index contributed by atoms with van der Waals surface area (Å²) in [5.41, 5.74) is 0.907. The number of allylic oxidation sites excluding steroid dienone is 1. The quantitative estimate of drug-likeness (QED) is 0.413. The molecule has 0 aromatic rings. The Hall–Kier alpha value is -0.740. The summed E-state index contributed by atoms with van der Waals surface area (Å²) in [6.45, 7) is 5.46. The van der Waals surface area contributed by atoms with Crippen molar-refractivity contribution in [3.05, 3.63) is 11.6 Å². The maximum atomic E-state index is 9.08. The summed E-state index contributed by atoms with van der Waals surface area (Å²) in [6, 6.07) is 0. The Balaban J connectivity index is 3.99. The number of hydrogen-bond acceptors (Lipinski definition) is 1. The molecule has 0 aromatic heterocycles. The van der Waals surface area contributed by atoms with Crippen LogP contribution in [0.5, 0.6) is 0 Å². The zero-order valence-corrected chi connectivity index (χ0v) is 6.10. The summed E-state index contributed by atoms with van der Waals surface area (Å²) in [7, 11) is 0. The van der Waals surface area contributed by atoms with Gasteiger partial charge in [0, 0.05) is 0 Å². The molecule has 0 amide bonds. The second-order valence-electron chi connectivity index (χ2n) is 1.83. The Morgan fingerprint density at radius 2 is 2.22 bits per heavy atom. The summed E-state index contributed by atoms with van der Waals surface area (Å²) >= 11 is 0. The van der Waals surface area contributed by atoms with Crippen LogP contribution in [-0.2, 0) is 0 Å². The molecular formula is C8H12O. The molecule has 0 bridgehead atoms. The molecule has 0 heterocycles. The van der Waals surface area contributed by atoms with Crippen LogP contribution in [0.4, 0.5) is 0 Å². The third-order valence-corrected chi connectivity index (χ3v) is 1.17. The lowest BCUT2D eigenvalue weighted by molar-refractivity contribution is 0.268. The van der Waals surface area contributed by atoms with E-state index in [0.717, 1.165) is 5.57 Å². The first-order valence-corrected chi connectivity index (χ1v) is 2.95. The maximum Gasteiger partial charge on any atom is 0.135 e. The van der Waals surface area contributed by atoms with Crippen LogP contribution in [0.1, 0.15) is 20.8 Å². The third kappa shape index (κ3) is 2.94. The van der Waals surface area contributed by atoms with Gasteiger partial charge in [0.25, 0.3) is 0 Å². The molecule has 0 spiro atoms. The standard InChI is InChI=1S/C8H12O/c1-4-6-8(9)7(3)5-2/h5,8-9H,1-3H3. The van der Waals surface area contributed by atoms with Crippen LogP contribution in [0, 0.1) is 11.8 Å². The van der Waals surface area contributed by atoms with Gasteiger partial charge < -0.3 is 5.11 Å². The minimum Gasteiger partial charge on any atom is -0.376 e. The molecular weight excluding hydrogens is 112 g/mol. The predicted molar refractivity (Wildman–Crippen MR) is 38.9 cm³/mol. The number of rotatable bonds is 1. The number of aliphatic hydroxyl groups is 1. The van der Waals surface area contributed by atoms with Crippen LogP contribution in [0.15, 0.2) is 11.6 Å². The lowest BCUT2D eigenvalue weighted by atomic mass is 10.2. The first kappa shape index (κ1) is 8.26. The number of hydrogen-bond donors (Lipinski definition) is 1. The van der Waals surface area contributed by atoms with Gasteiger partial charge in [-0.1, -0.05) is 12.0 Å². The summed E-state index contributed by atoms with van der Waals surface area (Å²) in [5.74, 6) is 5.28. The van der Waals surface area contributed by atoms with Crippen molar-refractivity contribution in [2.75, 3.05) is 0 Å². The van der Waals surface area contributed by atoms with Gasteiger partial charge in [-0.25, -0.2) is 0 Å². The average Bonchev–Trinajstić information content (AvgIpc) is 1.87. The Morgan fingerprint density at radius 3 is 2.56 bits per heavy atom. The zero-order valence-electron chi connectivity index (χ0n) is 6.10. The normalized spacial score (nSPS) is 14.0. The molecule has 0 aliphatic heterocycles. The van der Waals surface area contributed by atoms with Gasteiger partial charge in [0.2, 0.25) is 0 Å². The van der Waals surface area contributed by atoms with Gasteiger partial charge in [-0.05, 0) is 26.3 Å². The van der Waals surface area contributed by atoms with E-state index in [9.17, 15) is 0 Å². The van der Waals surface area contributed by atoms with Crippen molar-refractivity contribution in [3.63, 3.8) is 0 Å². The Bertz CT molecular complexity index is 157. The van der Waals surface area contributed by atoms with Crippen molar-refractivity contribution in [2.45, 2.75) is 26.9 Å². The SMILES string of the molecule is CC#CC(O)C(C)=CC. The van der Waals surface area contributed by atoms with E-state index in [4.69, 9.17) is 5.11 Å². The van der Waals surface area contributed by atoms with Crippen LogP contribution in [0.2, 0.25) is 0 Å². The molecule has 0 saturated heterocycles. The van der Waals surface area contributed by atoms with E-state index in [-0.39, 0.29) is 0 Å². The molecule has 1 N–H and O–H groups in total. The summed E-state index contributed by atoms with van der Waals surface area (Å²) < 4.78 is 0. The summed E-state index contributed by atoms with van der Waals surface area (Å²) in [4.78, 5) is 0. The monoisotopic (exact) mass is 124 g/mol. The fourth-order valence-electron chi connectivity index (χ4n) is 0.408. The molecule has 0 aliphatic rings. The van der Waals surface area contributed by atoms with Crippen molar-refractivity contribution in [1.82, 2.24) is 0 Å². The zero-order chi connectivity index (χ0) is 7.28. The fourth-order valence-corrected chi connectivity index (χ4v) is 0.408. The average molecular weight is 124 g/mol. The highest BCUT2D eigenvalue weighted by Crippen LogP contribution is 1.97. The van der Waals surface area contributed by atoms with Crippen molar-refractivity contribution < 1.29 is 5.11 Å². The van der Waals surface area contributed by atoms with E-state index in [1.807, 2.05) is 19.9 Å². The van der Waals surface area contributed by atoms with Crippen molar-refractivity contribution in [1.29, 1.82) is 0 Å². The van der Waals surface area contributed by atoms with Gasteiger partial charge in [-0.15, -0.1) is 5.92 Å². The smallest absolute Gasteiger partial charge is 0.135 e.